The Bertz CT molecular complexity index is 1130. The number of H-pyrrole nitrogens is 1. The van der Waals surface area contributed by atoms with Crippen LogP contribution in [-0.2, 0) is 18.3 Å². The van der Waals surface area contributed by atoms with Crippen LogP contribution in [0.15, 0.2) is 60.9 Å². The Labute approximate surface area is 157 Å². The lowest BCUT2D eigenvalue weighted by atomic mass is 10.1. The molecule has 0 saturated carbocycles. The Kier molecular flexibility index (Phi) is 4.50. The minimum absolute atomic E-state index is 0.000295. The van der Waals surface area contributed by atoms with Crippen LogP contribution in [0.5, 0.6) is 5.75 Å². The van der Waals surface area contributed by atoms with Crippen molar-refractivity contribution in [2.24, 2.45) is 7.05 Å². The molecule has 2 N–H and O–H groups in total. The molecule has 2 heterocycles. The van der Waals surface area contributed by atoms with E-state index in [0.29, 0.717) is 12.8 Å². The normalized spacial score (nSPS) is 11.0. The number of benzene rings is 2. The van der Waals surface area contributed by atoms with Gasteiger partial charge in [0.2, 0.25) is 5.91 Å². The van der Waals surface area contributed by atoms with E-state index in [4.69, 9.17) is 4.74 Å². The van der Waals surface area contributed by atoms with E-state index in [1.807, 2.05) is 60.3 Å². The van der Waals surface area contributed by atoms with Crippen molar-refractivity contribution in [1.29, 1.82) is 0 Å². The molecular weight excluding hydrogens is 338 g/mol. The lowest BCUT2D eigenvalue weighted by Crippen LogP contribution is -2.25. The van der Waals surface area contributed by atoms with Crippen molar-refractivity contribution in [1.82, 2.24) is 4.98 Å². The first kappa shape index (κ1) is 17.1. The number of hydrogen-bond acceptors (Lipinski definition) is 2. The van der Waals surface area contributed by atoms with E-state index >= 15 is 0 Å². The highest BCUT2D eigenvalue weighted by Crippen LogP contribution is 2.26. The van der Waals surface area contributed by atoms with Crippen LogP contribution in [0.2, 0.25) is 0 Å². The first-order valence-electron chi connectivity index (χ1n) is 8.96. The van der Waals surface area contributed by atoms with Crippen molar-refractivity contribution >= 4 is 33.4 Å². The molecule has 4 aromatic rings. The Morgan fingerprint density at radius 1 is 1.11 bits per heavy atom. The highest BCUT2D eigenvalue weighted by molar-refractivity contribution is 6.08. The van der Waals surface area contributed by atoms with Gasteiger partial charge in [0.1, 0.15) is 18.3 Å². The fraction of sp³-hybridized carbons (Fsp3) is 0.182. The number of amides is 1. The molecular formula is C22H22N3O2+. The van der Waals surface area contributed by atoms with E-state index in [9.17, 15) is 4.79 Å². The van der Waals surface area contributed by atoms with Crippen LogP contribution in [-0.4, -0.2) is 18.0 Å². The Balaban J connectivity index is 1.47. The molecule has 0 saturated heterocycles. The van der Waals surface area contributed by atoms with Crippen LogP contribution >= 0.6 is 0 Å². The second kappa shape index (κ2) is 7.11. The number of pyridine rings is 1. The summed E-state index contributed by atoms with van der Waals surface area (Å²) in [5, 5.41) is 5.33. The largest absolute Gasteiger partial charge is 0.497 e. The van der Waals surface area contributed by atoms with Gasteiger partial charge in [0.05, 0.1) is 7.11 Å². The van der Waals surface area contributed by atoms with Gasteiger partial charge in [-0.05, 0) is 36.2 Å². The topological polar surface area (TPSA) is 58.0 Å². The highest BCUT2D eigenvalue weighted by atomic mass is 16.5. The van der Waals surface area contributed by atoms with Gasteiger partial charge in [-0.25, -0.2) is 4.57 Å². The summed E-state index contributed by atoms with van der Waals surface area (Å²) < 4.78 is 7.24. The summed E-state index contributed by atoms with van der Waals surface area (Å²) >= 11 is 0. The smallest absolute Gasteiger partial charge is 0.224 e. The summed E-state index contributed by atoms with van der Waals surface area (Å²) in [6.07, 6.45) is 5.19. The van der Waals surface area contributed by atoms with Gasteiger partial charge in [-0.15, -0.1) is 0 Å². The fourth-order valence-electron chi connectivity index (χ4n) is 3.35. The van der Waals surface area contributed by atoms with E-state index < -0.39 is 0 Å². The van der Waals surface area contributed by atoms with Gasteiger partial charge in [0, 0.05) is 34.5 Å². The summed E-state index contributed by atoms with van der Waals surface area (Å²) in [6, 6.07) is 15.9. The van der Waals surface area contributed by atoms with Crippen molar-refractivity contribution in [3.05, 3.63) is 66.5 Å². The highest BCUT2D eigenvalue weighted by Gasteiger charge is 2.09. The summed E-state index contributed by atoms with van der Waals surface area (Å²) in [4.78, 5) is 15.8. The number of anilines is 1. The summed E-state index contributed by atoms with van der Waals surface area (Å²) in [6.45, 7) is 0. The number of aromatic amines is 1. The molecule has 0 aliphatic heterocycles. The lowest BCUT2D eigenvalue weighted by molar-refractivity contribution is -0.670. The molecule has 0 aliphatic rings. The van der Waals surface area contributed by atoms with Crippen LogP contribution < -0.4 is 14.6 Å². The molecule has 0 bridgehead atoms. The Hall–Kier alpha value is -3.34. The van der Waals surface area contributed by atoms with Crippen molar-refractivity contribution in [3.63, 3.8) is 0 Å². The molecule has 27 heavy (non-hydrogen) atoms. The number of carbonyl (C=O) groups excluding carboxylic acids is 1. The molecule has 0 atom stereocenters. The number of fused-ring (bicyclic) bond motifs is 3. The fourth-order valence-corrected chi connectivity index (χ4v) is 3.35. The molecule has 1 amide bonds. The number of methoxy groups -OCH3 is 1. The SMILES string of the molecule is COc1cccc(CCC(=O)Nc2ccc3c(c2)[nH]c2c[n+](C)ccc23)c1. The Morgan fingerprint density at radius 3 is 2.81 bits per heavy atom. The second-order valence-corrected chi connectivity index (χ2v) is 6.72. The van der Waals surface area contributed by atoms with E-state index in [1.54, 1.807) is 7.11 Å². The van der Waals surface area contributed by atoms with Crippen molar-refractivity contribution < 1.29 is 14.1 Å². The number of aryl methyl sites for hydroxylation is 2. The quantitative estimate of drug-likeness (QED) is 0.533. The molecule has 0 spiro atoms. The molecule has 136 valence electrons. The van der Waals surface area contributed by atoms with Crippen LogP contribution in [0.3, 0.4) is 0 Å². The molecule has 2 aromatic carbocycles. The van der Waals surface area contributed by atoms with Gasteiger partial charge in [-0.1, -0.05) is 18.2 Å². The number of nitrogens with one attached hydrogen (secondary N) is 2. The van der Waals surface area contributed by atoms with E-state index in [0.717, 1.165) is 33.4 Å². The third-order valence-corrected chi connectivity index (χ3v) is 4.74. The number of rotatable bonds is 5. The monoisotopic (exact) mass is 360 g/mol. The van der Waals surface area contributed by atoms with Crippen LogP contribution in [0.1, 0.15) is 12.0 Å². The van der Waals surface area contributed by atoms with Crippen molar-refractivity contribution in [3.8, 4) is 5.75 Å². The van der Waals surface area contributed by atoms with Gasteiger partial charge in [-0.3, -0.25) is 4.79 Å². The van der Waals surface area contributed by atoms with Crippen LogP contribution in [0, 0.1) is 0 Å². The lowest BCUT2D eigenvalue weighted by Gasteiger charge is -2.07. The zero-order chi connectivity index (χ0) is 18.8. The second-order valence-electron chi connectivity index (χ2n) is 6.72. The molecule has 2 aromatic heterocycles. The number of aromatic nitrogens is 2. The first-order valence-corrected chi connectivity index (χ1v) is 8.96. The third kappa shape index (κ3) is 3.62. The first-order chi connectivity index (χ1) is 13.1. The van der Waals surface area contributed by atoms with Crippen LogP contribution in [0.25, 0.3) is 21.8 Å². The van der Waals surface area contributed by atoms with E-state index in [2.05, 4.69) is 22.6 Å². The summed E-state index contributed by atoms with van der Waals surface area (Å²) in [7, 11) is 3.64. The number of ether oxygens (including phenoxy) is 1. The molecule has 0 aliphatic carbocycles. The van der Waals surface area contributed by atoms with Gasteiger partial charge < -0.3 is 15.0 Å². The van der Waals surface area contributed by atoms with Gasteiger partial charge in [-0.2, -0.15) is 0 Å². The van der Waals surface area contributed by atoms with Crippen LogP contribution in [0.4, 0.5) is 5.69 Å². The molecule has 4 rings (SSSR count). The number of hydrogen-bond donors (Lipinski definition) is 2. The minimum atomic E-state index is -0.000295. The molecule has 0 radical (unpaired) electrons. The molecule has 5 nitrogen and oxygen atoms in total. The van der Waals surface area contributed by atoms with Crippen molar-refractivity contribution in [2.45, 2.75) is 12.8 Å². The van der Waals surface area contributed by atoms with Gasteiger partial charge >= 0.3 is 0 Å². The maximum atomic E-state index is 12.3. The predicted molar refractivity (Wildman–Crippen MR) is 107 cm³/mol. The van der Waals surface area contributed by atoms with E-state index in [-0.39, 0.29) is 5.91 Å². The Morgan fingerprint density at radius 2 is 1.96 bits per heavy atom. The van der Waals surface area contributed by atoms with Crippen molar-refractivity contribution in [2.75, 3.05) is 12.4 Å². The average molecular weight is 360 g/mol. The minimum Gasteiger partial charge on any atom is -0.497 e. The number of nitrogens with zero attached hydrogens (tertiary/aromatic N) is 1. The zero-order valence-corrected chi connectivity index (χ0v) is 15.5. The summed E-state index contributed by atoms with van der Waals surface area (Å²) in [5.41, 5.74) is 3.98. The predicted octanol–water partition coefficient (Wildman–Crippen LogP) is 3.73. The molecule has 5 heteroatoms. The standard InChI is InChI=1S/C22H21N3O2/c1-25-11-10-19-18-8-7-16(13-20(18)24-21(19)14-25)23-22(26)9-6-15-4-3-5-17(12-15)27-2/h3-5,7-8,10-14H,6,9H2,1-2H3,(H,23,24,26)/p+1. The summed E-state index contributed by atoms with van der Waals surface area (Å²) in [5.74, 6) is 0.810. The maximum Gasteiger partial charge on any atom is 0.224 e. The van der Waals surface area contributed by atoms with Gasteiger partial charge in [0.25, 0.3) is 0 Å². The zero-order valence-electron chi connectivity index (χ0n) is 15.5. The molecule has 0 fully saturated rings. The third-order valence-electron chi connectivity index (χ3n) is 4.74. The number of carbonyl (C=O) groups is 1. The average Bonchev–Trinajstić information content (AvgIpc) is 3.03. The molecule has 0 unspecified atom stereocenters. The van der Waals surface area contributed by atoms with Gasteiger partial charge in [0.15, 0.2) is 12.4 Å². The maximum absolute atomic E-state index is 12.3. The van der Waals surface area contributed by atoms with E-state index in [1.165, 1.54) is 5.39 Å².